The number of aryl methyl sites for hydroxylation is 4. The third-order valence-corrected chi connectivity index (χ3v) is 9.99. The molecule has 266 valence electrons. The molecule has 7 aromatic rings. The van der Waals surface area contributed by atoms with E-state index in [0.29, 0.717) is 17.5 Å². The number of halogens is 1. The van der Waals surface area contributed by atoms with Gasteiger partial charge in [0.25, 0.3) is 0 Å². The minimum atomic E-state index is -0.329. The summed E-state index contributed by atoms with van der Waals surface area (Å²) in [6, 6.07) is 28.3. The molecule has 0 saturated heterocycles. The lowest BCUT2D eigenvalue weighted by Gasteiger charge is -2.18. The highest BCUT2D eigenvalue weighted by molar-refractivity contribution is 6.09. The minimum Gasteiger partial charge on any atom is -0.457 e. The molecule has 0 radical (unpaired) electrons. The first kappa shape index (κ1) is 35.2. The van der Waals surface area contributed by atoms with Gasteiger partial charge in [-0.05, 0) is 110 Å². The van der Waals surface area contributed by atoms with Crippen LogP contribution in [0.4, 0.5) is 4.39 Å². The van der Waals surface area contributed by atoms with Gasteiger partial charge in [0.1, 0.15) is 23.1 Å². The first-order chi connectivity index (χ1) is 24.9. The van der Waals surface area contributed by atoms with Crippen molar-refractivity contribution < 1.29 is 9.13 Å². The number of ether oxygens (including phenoxy) is 1. The molecular formula is C46H49FN4O. The van der Waals surface area contributed by atoms with Gasteiger partial charge in [-0.1, -0.05) is 77.4 Å². The number of nitrogens with zero attached hydrogens (tertiary/aromatic N) is 4. The molecule has 0 amide bonds. The molecule has 0 saturated carbocycles. The number of hydrogen-bond donors (Lipinski definition) is 0. The van der Waals surface area contributed by atoms with Gasteiger partial charge in [-0.3, -0.25) is 4.57 Å². The predicted octanol–water partition coefficient (Wildman–Crippen LogP) is 12.7. The highest BCUT2D eigenvalue weighted by Gasteiger charge is 2.27. The quantitative estimate of drug-likeness (QED) is 0.143. The Kier molecular flexibility index (Phi) is 9.51. The van der Waals surface area contributed by atoms with Crippen molar-refractivity contribution in [2.75, 3.05) is 0 Å². The average molecular weight is 693 g/mol. The Morgan fingerprint density at radius 1 is 0.712 bits per heavy atom. The molecule has 0 spiro atoms. The third-order valence-electron chi connectivity index (χ3n) is 9.99. The Morgan fingerprint density at radius 2 is 1.44 bits per heavy atom. The monoisotopic (exact) mass is 692 g/mol. The van der Waals surface area contributed by atoms with Gasteiger partial charge in [-0.2, -0.15) is 5.10 Å². The summed E-state index contributed by atoms with van der Waals surface area (Å²) in [6.07, 6.45) is 3.50. The normalized spacial score (nSPS) is 11.9. The molecule has 5 nitrogen and oxygen atoms in total. The van der Waals surface area contributed by atoms with Gasteiger partial charge < -0.3 is 4.74 Å². The summed E-state index contributed by atoms with van der Waals surface area (Å²) in [6.45, 7) is 20.1. The summed E-state index contributed by atoms with van der Waals surface area (Å²) in [5.74, 6) is 2.67. The van der Waals surface area contributed by atoms with Crippen molar-refractivity contribution in [1.29, 1.82) is 0 Å². The number of benzene rings is 4. The maximum Gasteiger partial charge on any atom is 0.140 e. The van der Waals surface area contributed by atoms with Crippen molar-refractivity contribution in [3.05, 3.63) is 131 Å². The first-order valence-electron chi connectivity index (χ1n) is 18.6. The molecule has 0 N–H and O–H groups in total. The molecule has 3 aromatic heterocycles. The third kappa shape index (κ3) is 6.63. The van der Waals surface area contributed by atoms with Crippen LogP contribution in [0, 0.1) is 32.5 Å². The van der Waals surface area contributed by atoms with Crippen LogP contribution in [-0.4, -0.2) is 19.3 Å². The number of rotatable bonds is 10. The van der Waals surface area contributed by atoms with Crippen LogP contribution >= 0.6 is 0 Å². The summed E-state index contributed by atoms with van der Waals surface area (Å²) in [7, 11) is 0. The molecule has 7 rings (SSSR count). The van der Waals surface area contributed by atoms with Crippen LogP contribution in [0.25, 0.3) is 44.4 Å². The Morgan fingerprint density at radius 3 is 2.13 bits per heavy atom. The number of para-hydroxylation sites is 1. The van der Waals surface area contributed by atoms with Gasteiger partial charge in [0, 0.05) is 40.7 Å². The molecule has 0 aliphatic heterocycles. The van der Waals surface area contributed by atoms with Crippen LogP contribution in [0.1, 0.15) is 93.4 Å². The van der Waals surface area contributed by atoms with Gasteiger partial charge in [0.15, 0.2) is 0 Å². The molecule has 6 heteroatoms. The summed E-state index contributed by atoms with van der Waals surface area (Å²) < 4.78 is 25.4. The molecular weight excluding hydrogens is 644 g/mol. The zero-order valence-electron chi connectivity index (χ0n) is 31.9. The summed E-state index contributed by atoms with van der Waals surface area (Å²) in [5.41, 5.74) is 12.7. The van der Waals surface area contributed by atoms with E-state index in [1.807, 2.05) is 34.9 Å². The second-order valence-electron chi connectivity index (χ2n) is 15.4. The molecule has 3 heterocycles. The van der Waals surface area contributed by atoms with E-state index in [1.54, 1.807) is 0 Å². The second-order valence-corrected chi connectivity index (χ2v) is 15.4. The maximum absolute atomic E-state index is 14.5. The van der Waals surface area contributed by atoms with Crippen LogP contribution in [0.5, 0.6) is 11.5 Å². The van der Waals surface area contributed by atoms with Crippen LogP contribution in [0.2, 0.25) is 0 Å². The van der Waals surface area contributed by atoms with E-state index < -0.39 is 0 Å². The fraction of sp³-hybridized carbons (Fsp3) is 0.304. The largest absolute Gasteiger partial charge is 0.457 e. The van der Waals surface area contributed by atoms with Gasteiger partial charge in [-0.15, -0.1) is 0 Å². The van der Waals surface area contributed by atoms with E-state index in [9.17, 15) is 4.39 Å². The van der Waals surface area contributed by atoms with Crippen LogP contribution in [-0.2, 0) is 6.42 Å². The van der Waals surface area contributed by atoms with Crippen molar-refractivity contribution in [3.63, 3.8) is 0 Å². The number of pyridine rings is 1. The molecule has 0 unspecified atom stereocenters. The van der Waals surface area contributed by atoms with E-state index in [0.717, 1.165) is 51.8 Å². The van der Waals surface area contributed by atoms with Crippen molar-refractivity contribution in [3.8, 4) is 34.1 Å². The fourth-order valence-corrected chi connectivity index (χ4v) is 7.75. The highest BCUT2D eigenvalue weighted by Crippen LogP contribution is 2.42. The van der Waals surface area contributed by atoms with Crippen molar-refractivity contribution in [2.45, 2.75) is 87.0 Å². The summed E-state index contributed by atoms with van der Waals surface area (Å²) in [4.78, 5) is 4.54. The molecule has 0 aliphatic carbocycles. The lowest BCUT2D eigenvalue weighted by atomic mass is 9.87. The van der Waals surface area contributed by atoms with E-state index in [1.165, 1.54) is 57.4 Å². The molecule has 0 atom stereocenters. The lowest BCUT2D eigenvalue weighted by Crippen LogP contribution is -2.06. The SMILES string of the molecule is Cc1cc(C)c(-c2c(C(C)C)nn(-c3cc(CCC(C)C)cc(Oc4ccc5c6ccccc6n(-c6cc(F)ccn6)c5c4)c3)c2C(C)C)c(C)c1. The molecule has 0 bridgehead atoms. The molecule has 0 aliphatic rings. The smallest absolute Gasteiger partial charge is 0.140 e. The number of hydrogen-bond acceptors (Lipinski definition) is 3. The lowest BCUT2D eigenvalue weighted by molar-refractivity contribution is 0.481. The van der Waals surface area contributed by atoms with Crippen molar-refractivity contribution in [1.82, 2.24) is 19.3 Å². The zero-order valence-corrected chi connectivity index (χ0v) is 31.9. The van der Waals surface area contributed by atoms with Crippen molar-refractivity contribution >= 4 is 21.8 Å². The maximum atomic E-state index is 14.5. The first-order valence-corrected chi connectivity index (χ1v) is 18.6. The number of fused-ring (bicyclic) bond motifs is 3. The predicted molar refractivity (Wildman–Crippen MR) is 213 cm³/mol. The Balaban J connectivity index is 1.39. The van der Waals surface area contributed by atoms with Crippen LogP contribution in [0.3, 0.4) is 0 Å². The van der Waals surface area contributed by atoms with Gasteiger partial charge in [0.2, 0.25) is 0 Å². The zero-order chi connectivity index (χ0) is 36.8. The van der Waals surface area contributed by atoms with E-state index in [-0.39, 0.29) is 17.7 Å². The molecule has 4 aromatic carbocycles. The Bertz CT molecular complexity index is 2410. The summed E-state index contributed by atoms with van der Waals surface area (Å²) in [5, 5.41) is 7.53. The summed E-state index contributed by atoms with van der Waals surface area (Å²) >= 11 is 0. The molecule has 0 fully saturated rings. The van der Waals surface area contributed by atoms with E-state index in [2.05, 4.69) is 114 Å². The number of aromatic nitrogens is 4. The Hall–Kier alpha value is -5.23. The fourth-order valence-electron chi connectivity index (χ4n) is 7.75. The van der Waals surface area contributed by atoms with Gasteiger partial charge in [-0.25, -0.2) is 14.1 Å². The minimum absolute atomic E-state index is 0.222. The standard InChI is InChI=1S/C46H49FN4O/c1-27(2)14-15-33-22-35(51-46(29(5)6)44(45(49-51)28(3)4)43-31(8)20-30(7)21-32(43)9)25-37(23-33)52-36-16-17-39-38-12-10-11-13-40(38)50(41(39)26-36)42-24-34(47)18-19-48-42/h10-13,16-29H,14-15H2,1-9H3. The van der Waals surface area contributed by atoms with Crippen molar-refractivity contribution in [2.24, 2.45) is 5.92 Å². The Labute approximate surface area is 307 Å². The van der Waals surface area contributed by atoms with Crippen LogP contribution < -0.4 is 4.74 Å². The molecule has 52 heavy (non-hydrogen) atoms. The van der Waals surface area contributed by atoms with E-state index in [4.69, 9.17) is 9.84 Å². The average Bonchev–Trinajstić information content (AvgIpc) is 3.64. The van der Waals surface area contributed by atoms with Crippen LogP contribution in [0.15, 0.2) is 91.1 Å². The topological polar surface area (TPSA) is 44.9 Å². The highest BCUT2D eigenvalue weighted by atomic mass is 19.1. The second kappa shape index (κ2) is 14.1. The van der Waals surface area contributed by atoms with E-state index >= 15 is 0 Å². The van der Waals surface area contributed by atoms with Gasteiger partial charge >= 0.3 is 0 Å². The van der Waals surface area contributed by atoms with Gasteiger partial charge in [0.05, 0.1) is 28.1 Å².